The highest BCUT2D eigenvalue weighted by molar-refractivity contribution is 7.15. The molecule has 0 radical (unpaired) electrons. The average Bonchev–Trinajstić information content (AvgIpc) is 3.04. The lowest BCUT2D eigenvalue weighted by atomic mass is 10.2. The Kier molecular flexibility index (Phi) is 4.00. The minimum Gasteiger partial charge on any atom is -0.318 e. The number of amides is 1. The number of aryl methyl sites for hydroxylation is 2. The average molecular weight is 329 g/mol. The summed E-state index contributed by atoms with van der Waals surface area (Å²) < 4.78 is 15.0. The monoisotopic (exact) mass is 329 g/mol. The van der Waals surface area contributed by atoms with Gasteiger partial charge in [-0.15, -0.1) is 11.3 Å². The molecular weight excluding hydrogens is 313 g/mol. The molecule has 4 nitrogen and oxygen atoms in total. The van der Waals surface area contributed by atoms with Gasteiger partial charge in [-0.1, -0.05) is 0 Å². The van der Waals surface area contributed by atoms with Crippen molar-refractivity contribution in [3.05, 3.63) is 64.2 Å². The molecule has 1 amide bonds. The number of nitrogens with one attached hydrogen (secondary N) is 1. The fourth-order valence-corrected chi connectivity index (χ4v) is 3.22. The summed E-state index contributed by atoms with van der Waals surface area (Å²) >= 11 is 1.43. The molecule has 0 atom stereocenters. The second-order valence-corrected chi connectivity index (χ2v) is 6.56. The number of carbonyl (C=O) groups is 1. The Morgan fingerprint density at radius 1 is 1.22 bits per heavy atom. The topological polar surface area (TPSA) is 46.9 Å². The predicted octanol–water partition coefficient (Wildman–Crippen LogP) is 4.25. The summed E-state index contributed by atoms with van der Waals surface area (Å²) in [5, 5.41) is 3.40. The van der Waals surface area contributed by atoms with E-state index in [4.69, 9.17) is 0 Å². The van der Waals surface area contributed by atoms with E-state index in [1.807, 2.05) is 31.4 Å². The maximum atomic E-state index is 13.1. The Bertz CT molecular complexity index is 865. The molecule has 6 heteroatoms. The summed E-state index contributed by atoms with van der Waals surface area (Å²) in [5.74, 6) is -0.478. The Morgan fingerprint density at radius 3 is 2.52 bits per heavy atom. The lowest BCUT2D eigenvalue weighted by molar-refractivity contribution is 0.102. The number of nitrogens with zero attached hydrogens (tertiary/aromatic N) is 2. The molecular formula is C17H16FN3OS. The Hall–Kier alpha value is -2.47. The van der Waals surface area contributed by atoms with Crippen molar-refractivity contribution in [2.45, 2.75) is 20.8 Å². The van der Waals surface area contributed by atoms with E-state index in [1.165, 1.54) is 23.5 Å². The molecule has 0 aliphatic rings. The Balaban J connectivity index is 1.94. The van der Waals surface area contributed by atoms with Crippen LogP contribution in [-0.4, -0.2) is 15.5 Å². The molecule has 0 aliphatic heterocycles. The molecule has 118 valence electrons. The maximum absolute atomic E-state index is 13.1. The van der Waals surface area contributed by atoms with Crippen LogP contribution in [0.2, 0.25) is 0 Å². The molecule has 23 heavy (non-hydrogen) atoms. The maximum Gasteiger partial charge on any atom is 0.259 e. The number of thiazole rings is 1. The highest BCUT2D eigenvalue weighted by Crippen LogP contribution is 2.23. The summed E-state index contributed by atoms with van der Waals surface area (Å²) in [7, 11) is 0. The normalized spacial score (nSPS) is 10.8. The molecule has 1 aromatic carbocycles. The predicted molar refractivity (Wildman–Crippen MR) is 90.0 cm³/mol. The van der Waals surface area contributed by atoms with Gasteiger partial charge in [0.25, 0.3) is 5.91 Å². The number of rotatable bonds is 3. The standard InChI is InChI=1S/C17H16FN3OS/c1-10-8-15(16(22)20-17-19-9-11(2)23-17)12(3)21(10)14-6-4-13(18)5-7-14/h4-9H,1-3H3,(H,19,20,22). The van der Waals surface area contributed by atoms with Crippen molar-refractivity contribution in [3.8, 4) is 5.69 Å². The zero-order valence-electron chi connectivity index (χ0n) is 13.1. The van der Waals surface area contributed by atoms with Gasteiger partial charge in [-0.25, -0.2) is 9.37 Å². The van der Waals surface area contributed by atoms with E-state index in [0.29, 0.717) is 10.7 Å². The van der Waals surface area contributed by atoms with E-state index in [1.54, 1.807) is 18.3 Å². The zero-order valence-corrected chi connectivity index (χ0v) is 13.9. The molecule has 0 fully saturated rings. The third kappa shape index (κ3) is 3.03. The molecule has 0 saturated heterocycles. The van der Waals surface area contributed by atoms with Crippen LogP contribution in [0.1, 0.15) is 26.6 Å². The van der Waals surface area contributed by atoms with E-state index < -0.39 is 0 Å². The van der Waals surface area contributed by atoms with E-state index in [2.05, 4.69) is 10.3 Å². The summed E-state index contributed by atoms with van der Waals surface area (Å²) in [4.78, 5) is 17.7. The fourth-order valence-electron chi connectivity index (χ4n) is 2.56. The van der Waals surface area contributed by atoms with Gasteiger partial charge in [0.05, 0.1) is 5.56 Å². The Morgan fingerprint density at radius 2 is 1.91 bits per heavy atom. The Labute approximate surface area is 137 Å². The second-order valence-electron chi connectivity index (χ2n) is 5.33. The molecule has 1 N–H and O–H groups in total. The second kappa shape index (κ2) is 5.96. The van der Waals surface area contributed by atoms with Crippen molar-refractivity contribution in [2.24, 2.45) is 0 Å². The third-order valence-electron chi connectivity index (χ3n) is 3.60. The molecule has 0 aliphatic carbocycles. The first-order valence-electron chi connectivity index (χ1n) is 7.14. The molecule has 2 aromatic heterocycles. The summed E-state index contributed by atoms with van der Waals surface area (Å²) in [6.07, 6.45) is 1.72. The van der Waals surface area contributed by atoms with Crippen molar-refractivity contribution in [1.29, 1.82) is 0 Å². The number of carbonyl (C=O) groups excluding carboxylic acids is 1. The first-order valence-corrected chi connectivity index (χ1v) is 7.96. The fraction of sp³-hybridized carbons (Fsp3) is 0.176. The first kappa shape index (κ1) is 15.4. The van der Waals surface area contributed by atoms with Crippen molar-refractivity contribution >= 4 is 22.4 Å². The number of aromatic nitrogens is 2. The van der Waals surface area contributed by atoms with Crippen LogP contribution in [-0.2, 0) is 0 Å². The van der Waals surface area contributed by atoms with Gasteiger partial charge in [0.1, 0.15) is 5.82 Å². The molecule has 0 unspecified atom stereocenters. The molecule has 3 rings (SSSR count). The van der Waals surface area contributed by atoms with E-state index in [0.717, 1.165) is 22.0 Å². The van der Waals surface area contributed by atoms with Crippen molar-refractivity contribution < 1.29 is 9.18 Å². The molecule has 0 saturated carbocycles. The lowest BCUT2D eigenvalue weighted by Gasteiger charge is -2.09. The summed E-state index contributed by atoms with van der Waals surface area (Å²) in [6, 6.07) is 8.04. The van der Waals surface area contributed by atoms with Gasteiger partial charge in [-0.05, 0) is 51.1 Å². The van der Waals surface area contributed by atoms with Crippen LogP contribution < -0.4 is 5.32 Å². The van der Waals surface area contributed by atoms with Crippen LogP contribution >= 0.6 is 11.3 Å². The van der Waals surface area contributed by atoms with Gasteiger partial charge in [-0.2, -0.15) is 0 Å². The third-order valence-corrected chi connectivity index (χ3v) is 4.43. The van der Waals surface area contributed by atoms with Crippen LogP contribution in [0.3, 0.4) is 0 Å². The van der Waals surface area contributed by atoms with E-state index in [-0.39, 0.29) is 11.7 Å². The van der Waals surface area contributed by atoms with Gasteiger partial charge >= 0.3 is 0 Å². The minimum absolute atomic E-state index is 0.194. The van der Waals surface area contributed by atoms with Crippen LogP contribution in [0.25, 0.3) is 5.69 Å². The largest absolute Gasteiger partial charge is 0.318 e. The molecule has 3 aromatic rings. The SMILES string of the molecule is Cc1cnc(NC(=O)c2cc(C)n(-c3ccc(F)cc3)c2C)s1. The number of benzene rings is 1. The number of anilines is 1. The van der Waals surface area contributed by atoms with Gasteiger partial charge in [0.15, 0.2) is 5.13 Å². The number of hydrogen-bond donors (Lipinski definition) is 1. The van der Waals surface area contributed by atoms with Crippen LogP contribution in [0.15, 0.2) is 36.5 Å². The summed E-state index contributed by atoms with van der Waals surface area (Å²) in [6.45, 7) is 5.73. The van der Waals surface area contributed by atoms with Gasteiger partial charge < -0.3 is 4.57 Å². The van der Waals surface area contributed by atoms with E-state index >= 15 is 0 Å². The molecule has 2 heterocycles. The van der Waals surface area contributed by atoms with Gasteiger partial charge in [0, 0.05) is 28.1 Å². The molecule has 0 bridgehead atoms. The van der Waals surface area contributed by atoms with Crippen molar-refractivity contribution in [2.75, 3.05) is 5.32 Å². The van der Waals surface area contributed by atoms with Crippen molar-refractivity contribution in [3.63, 3.8) is 0 Å². The van der Waals surface area contributed by atoms with Crippen LogP contribution in [0.5, 0.6) is 0 Å². The van der Waals surface area contributed by atoms with Crippen LogP contribution in [0, 0.1) is 26.6 Å². The van der Waals surface area contributed by atoms with Crippen molar-refractivity contribution in [1.82, 2.24) is 9.55 Å². The smallest absolute Gasteiger partial charge is 0.259 e. The van der Waals surface area contributed by atoms with Crippen LogP contribution in [0.4, 0.5) is 9.52 Å². The molecule has 0 spiro atoms. The number of hydrogen-bond acceptors (Lipinski definition) is 3. The van der Waals surface area contributed by atoms with Gasteiger partial charge in [0.2, 0.25) is 0 Å². The lowest BCUT2D eigenvalue weighted by Crippen LogP contribution is -2.12. The quantitative estimate of drug-likeness (QED) is 0.781. The van der Waals surface area contributed by atoms with Gasteiger partial charge in [-0.3, -0.25) is 10.1 Å². The highest BCUT2D eigenvalue weighted by Gasteiger charge is 2.17. The zero-order chi connectivity index (χ0) is 16.6. The minimum atomic E-state index is -0.284. The number of halogens is 1. The van der Waals surface area contributed by atoms with E-state index in [9.17, 15) is 9.18 Å². The first-order chi connectivity index (χ1) is 11.0. The highest BCUT2D eigenvalue weighted by atomic mass is 32.1. The summed E-state index contributed by atoms with van der Waals surface area (Å²) in [5.41, 5.74) is 3.12.